The van der Waals surface area contributed by atoms with Crippen molar-refractivity contribution in [1.29, 1.82) is 0 Å². The SMILES string of the molecule is CC[CH]CCCCCCCCC. The third-order valence-electron chi connectivity index (χ3n) is 2.30. The van der Waals surface area contributed by atoms with Crippen molar-refractivity contribution in [3.8, 4) is 0 Å². The summed E-state index contributed by atoms with van der Waals surface area (Å²) < 4.78 is 0. The van der Waals surface area contributed by atoms with Crippen LogP contribution in [0.3, 0.4) is 0 Å². The minimum Gasteiger partial charge on any atom is -0.0654 e. The highest BCUT2D eigenvalue weighted by Gasteiger charge is 1.90. The molecule has 1 radical (unpaired) electrons. The molecular formula is C12H25. The van der Waals surface area contributed by atoms with Crippen LogP contribution in [0, 0.1) is 6.42 Å². The van der Waals surface area contributed by atoms with Gasteiger partial charge in [0.05, 0.1) is 0 Å². The van der Waals surface area contributed by atoms with Crippen LogP contribution in [0.4, 0.5) is 0 Å². The Balaban J connectivity index is 2.73. The number of hydrogen-bond donors (Lipinski definition) is 0. The third kappa shape index (κ3) is 10.0. The fourth-order valence-corrected chi connectivity index (χ4v) is 1.45. The van der Waals surface area contributed by atoms with Gasteiger partial charge in [0, 0.05) is 0 Å². The van der Waals surface area contributed by atoms with E-state index in [0.29, 0.717) is 0 Å². The van der Waals surface area contributed by atoms with Crippen LogP contribution in [0.25, 0.3) is 0 Å². The van der Waals surface area contributed by atoms with Gasteiger partial charge in [-0.1, -0.05) is 71.6 Å². The maximum absolute atomic E-state index is 2.39. The lowest BCUT2D eigenvalue weighted by Gasteiger charge is -1.99. The standard InChI is InChI=1S/C12H25/c1-3-5-7-9-11-12-10-8-6-4-2/h5H,3-4,6-12H2,1-2H3. The van der Waals surface area contributed by atoms with E-state index >= 15 is 0 Å². The Labute approximate surface area is 78.8 Å². The number of unbranched alkanes of at least 4 members (excludes halogenated alkanes) is 9. The summed E-state index contributed by atoms with van der Waals surface area (Å²) in [5, 5.41) is 0. The van der Waals surface area contributed by atoms with Gasteiger partial charge in [0.1, 0.15) is 0 Å². The molecule has 0 amide bonds. The highest BCUT2D eigenvalue weighted by Crippen LogP contribution is 2.09. The van der Waals surface area contributed by atoms with Crippen LogP contribution in [0.1, 0.15) is 71.6 Å². The van der Waals surface area contributed by atoms with E-state index in [2.05, 4.69) is 20.3 Å². The van der Waals surface area contributed by atoms with Crippen LogP contribution in [0.15, 0.2) is 0 Å². The first kappa shape index (κ1) is 12.0. The molecular weight excluding hydrogens is 144 g/mol. The molecule has 0 aromatic carbocycles. The largest absolute Gasteiger partial charge is 0.0654 e. The third-order valence-corrected chi connectivity index (χ3v) is 2.30. The van der Waals surface area contributed by atoms with E-state index in [1.807, 2.05) is 0 Å². The lowest BCUT2D eigenvalue weighted by atomic mass is 10.1. The zero-order valence-electron chi connectivity index (χ0n) is 8.94. The summed E-state index contributed by atoms with van der Waals surface area (Å²) in [5.74, 6) is 0. The Morgan fingerprint density at radius 1 is 0.750 bits per heavy atom. The van der Waals surface area contributed by atoms with Crippen molar-refractivity contribution < 1.29 is 0 Å². The summed E-state index contributed by atoms with van der Waals surface area (Å²) in [5.41, 5.74) is 0. The topological polar surface area (TPSA) is 0 Å². The van der Waals surface area contributed by atoms with Crippen molar-refractivity contribution in [1.82, 2.24) is 0 Å². The minimum atomic E-state index is 1.25. The monoisotopic (exact) mass is 169 g/mol. The molecule has 0 aliphatic carbocycles. The summed E-state index contributed by atoms with van der Waals surface area (Å²) in [6.45, 7) is 4.50. The van der Waals surface area contributed by atoms with Crippen molar-refractivity contribution in [2.24, 2.45) is 0 Å². The van der Waals surface area contributed by atoms with E-state index in [9.17, 15) is 0 Å². The van der Waals surface area contributed by atoms with Crippen molar-refractivity contribution in [3.63, 3.8) is 0 Å². The van der Waals surface area contributed by atoms with E-state index < -0.39 is 0 Å². The van der Waals surface area contributed by atoms with Crippen LogP contribution in [-0.2, 0) is 0 Å². The van der Waals surface area contributed by atoms with Gasteiger partial charge in [0.2, 0.25) is 0 Å². The second-order valence-electron chi connectivity index (χ2n) is 3.61. The summed E-state index contributed by atoms with van der Waals surface area (Å²) in [4.78, 5) is 0. The maximum atomic E-state index is 2.39. The number of rotatable bonds is 9. The second-order valence-corrected chi connectivity index (χ2v) is 3.61. The fraction of sp³-hybridized carbons (Fsp3) is 0.917. The van der Waals surface area contributed by atoms with E-state index in [1.165, 1.54) is 57.8 Å². The second kappa shape index (κ2) is 11.0. The first-order valence-corrected chi connectivity index (χ1v) is 5.73. The number of hydrogen-bond acceptors (Lipinski definition) is 0. The summed E-state index contributed by atoms with van der Waals surface area (Å²) >= 11 is 0. The van der Waals surface area contributed by atoms with E-state index in [0.717, 1.165) is 0 Å². The maximum Gasteiger partial charge on any atom is -0.0389 e. The van der Waals surface area contributed by atoms with E-state index in [4.69, 9.17) is 0 Å². The predicted octanol–water partition coefficient (Wildman–Crippen LogP) is 4.74. The van der Waals surface area contributed by atoms with Crippen LogP contribution >= 0.6 is 0 Å². The van der Waals surface area contributed by atoms with Gasteiger partial charge in [-0.2, -0.15) is 0 Å². The van der Waals surface area contributed by atoms with Crippen LogP contribution < -0.4 is 0 Å². The highest BCUT2D eigenvalue weighted by molar-refractivity contribution is 4.60. The molecule has 0 nitrogen and oxygen atoms in total. The molecule has 0 saturated heterocycles. The van der Waals surface area contributed by atoms with Gasteiger partial charge in [-0.05, 0) is 6.42 Å². The average Bonchev–Trinajstić information content (AvgIpc) is 2.10. The smallest absolute Gasteiger partial charge is 0.0389 e. The molecule has 0 unspecified atom stereocenters. The zero-order chi connectivity index (χ0) is 9.07. The highest BCUT2D eigenvalue weighted by atomic mass is 14.0. The fourth-order valence-electron chi connectivity index (χ4n) is 1.45. The van der Waals surface area contributed by atoms with Crippen molar-refractivity contribution in [3.05, 3.63) is 6.42 Å². The van der Waals surface area contributed by atoms with Crippen molar-refractivity contribution in [2.75, 3.05) is 0 Å². The quantitative estimate of drug-likeness (QED) is 0.437. The van der Waals surface area contributed by atoms with Gasteiger partial charge in [-0.15, -0.1) is 0 Å². The normalized spacial score (nSPS) is 10.5. The Hall–Kier alpha value is 0. The van der Waals surface area contributed by atoms with E-state index in [-0.39, 0.29) is 0 Å². The molecule has 0 bridgehead atoms. The molecule has 0 saturated carbocycles. The zero-order valence-corrected chi connectivity index (χ0v) is 8.94. The van der Waals surface area contributed by atoms with E-state index in [1.54, 1.807) is 0 Å². The molecule has 0 heteroatoms. The average molecular weight is 169 g/mol. The van der Waals surface area contributed by atoms with Crippen molar-refractivity contribution in [2.45, 2.75) is 71.6 Å². The van der Waals surface area contributed by atoms with Gasteiger partial charge in [0.15, 0.2) is 0 Å². The predicted molar refractivity (Wildman–Crippen MR) is 57.2 cm³/mol. The van der Waals surface area contributed by atoms with Gasteiger partial charge in [-0.3, -0.25) is 0 Å². The first-order chi connectivity index (χ1) is 5.91. The molecule has 0 N–H and O–H groups in total. The molecule has 0 aliphatic heterocycles. The molecule has 0 aromatic heterocycles. The molecule has 0 spiro atoms. The molecule has 0 fully saturated rings. The summed E-state index contributed by atoms with van der Waals surface area (Å²) in [7, 11) is 0. The lowest BCUT2D eigenvalue weighted by molar-refractivity contribution is 0.585. The van der Waals surface area contributed by atoms with Crippen molar-refractivity contribution >= 4 is 0 Å². The van der Waals surface area contributed by atoms with Gasteiger partial charge in [-0.25, -0.2) is 0 Å². The molecule has 0 aliphatic rings. The Morgan fingerprint density at radius 2 is 1.33 bits per heavy atom. The van der Waals surface area contributed by atoms with Crippen LogP contribution in [-0.4, -0.2) is 0 Å². The minimum absolute atomic E-state index is 1.25. The summed E-state index contributed by atoms with van der Waals surface area (Å²) in [6.07, 6.45) is 15.0. The van der Waals surface area contributed by atoms with Gasteiger partial charge in [0.25, 0.3) is 0 Å². The molecule has 0 rings (SSSR count). The van der Waals surface area contributed by atoms with Gasteiger partial charge < -0.3 is 0 Å². The molecule has 12 heavy (non-hydrogen) atoms. The first-order valence-electron chi connectivity index (χ1n) is 5.73. The van der Waals surface area contributed by atoms with Crippen LogP contribution in [0.2, 0.25) is 0 Å². The molecule has 73 valence electrons. The Morgan fingerprint density at radius 3 is 1.92 bits per heavy atom. The lowest BCUT2D eigenvalue weighted by Crippen LogP contribution is -1.80. The molecule has 0 aromatic rings. The van der Waals surface area contributed by atoms with Crippen LogP contribution in [0.5, 0.6) is 0 Å². The van der Waals surface area contributed by atoms with Gasteiger partial charge >= 0.3 is 0 Å². The Bertz CT molecular complexity index is 56.4. The summed E-state index contributed by atoms with van der Waals surface area (Å²) in [6, 6.07) is 0. The molecule has 0 atom stereocenters. The molecule has 0 heterocycles. The Kier molecular flexibility index (Phi) is 11.0.